The molecule has 88 valence electrons. The van der Waals surface area contributed by atoms with Gasteiger partial charge in [0.1, 0.15) is 0 Å². The van der Waals surface area contributed by atoms with Crippen LogP contribution >= 0.6 is 0 Å². The summed E-state index contributed by atoms with van der Waals surface area (Å²) in [7, 11) is 0. The van der Waals surface area contributed by atoms with Gasteiger partial charge in [0, 0.05) is 31.5 Å². The monoisotopic (exact) mass is 221 g/mol. The Balaban J connectivity index is 2.16. The van der Waals surface area contributed by atoms with Gasteiger partial charge in [-0.15, -0.1) is 0 Å². The summed E-state index contributed by atoms with van der Waals surface area (Å²) in [6.45, 7) is 4.02. The number of piperidine rings is 1. The van der Waals surface area contributed by atoms with Crippen molar-refractivity contribution >= 4 is 5.69 Å². The van der Waals surface area contributed by atoms with E-state index < -0.39 is 5.60 Å². The summed E-state index contributed by atoms with van der Waals surface area (Å²) in [5.41, 5.74) is 6.99. The van der Waals surface area contributed by atoms with E-state index in [4.69, 9.17) is 5.73 Å². The van der Waals surface area contributed by atoms with Crippen LogP contribution in [0, 0.1) is 0 Å². The third-order valence-corrected chi connectivity index (χ3v) is 3.05. The fourth-order valence-electron chi connectivity index (χ4n) is 2.21. The number of nitrogens with two attached hydrogens (primary N) is 1. The second-order valence-corrected chi connectivity index (χ2v) is 4.73. The average Bonchev–Trinajstić information content (AvgIpc) is 2.28. The molecule has 0 saturated carbocycles. The third kappa shape index (κ3) is 2.51. The molecule has 1 aliphatic rings. The summed E-state index contributed by atoms with van der Waals surface area (Å²) in [6, 6.07) is 3.97. The second-order valence-electron chi connectivity index (χ2n) is 4.73. The number of nitrogens with zero attached hydrogens (tertiary/aromatic N) is 2. The topological polar surface area (TPSA) is 62.4 Å². The van der Waals surface area contributed by atoms with E-state index in [1.807, 2.05) is 19.1 Å². The molecule has 0 aliphatic carbocycles. The number of β-amino-alcohol motifs (C(OH)–C–C–N with tert-alkyl or cyclic N) is 1. The number of rotatable bonds is 2. The molecule has 2 rings (SSSR count). The van der Waals surface area contributed by atoms with Crippen LogP contribution in [0.15, 0.2) is 18.3 Å². The maximum Gasteiger partial charge on any atom is 0.0794 e. The van der Waals surface area contributed by atoms with Crippen molar-refractivity contribution in [2.24, 2.45) is 5.73 Å². The van der Waals surface area contributed by atoms with Crippen LogP contribution in [0.5, 0.6) is 0 Å². The zero-order chi connectivity index (χ0) is 11.6. The first-order valence-corrected chi connectivity index (χ1v) is 5.73. The molecule has 0 amide bonds. The summed E-state index contributed by atoms with van der Waals surface area (Å²) < 4.78 is 0. The Morgan fingerprint density at radius 3 is 3.12 bits per heavy atom. The predicted octanol–water partition coefficient (Wildman–Crippen LogP) is 0.891. The quantitative estimate of drug-likeness (QED) is 0.778. The predicted molar refractivity (Wildman–Crippen MR) is 64.2 cm³/mol. The Bertz CT molecular complexity index is 365. The van der Waals surface area contributed by atoms with E-state index in [1.165, 1.54) is 0 Å². The molecule has 4 nitrogen and oxygen atoms in total. The van der Waals surface area contributed by atoms with Gasteiger partial charge in [0.05, 0.1) is 11.3 Å². The molecule has 1 unspecified atom stereocenters. The zero-order valence-corrected chi connectivity index (χ0v) is 9.69. The minimum absolute atomic E-state index is 0.456. The molecule has 1 saturated heterocycles. The Kier molecular flexibility index (Phi) is 3.12. The highest BCUT2D eigenvalue weighted by Crippen LogP contribution is 2.25. The molecule has 0 spiro atoms. The van der Waals surface area contributed by atoms with E-state index in [1.54, 1.807) is 6.20 Å². The Morgan fingerprint density at radius 2 is 2.44 bits per heavy atom. The van der Waals surface area contributed by atoms with Gasteiger partial charge >= 0.3 is 0 Å². The number of aromatic nitrogens is 1. The van der Waals surface area contributed by atoms with Gasteiger partial charge in [0.2, 0.25) is 0 Å². The van der Waals surface area contributed by atoms with Gasteiger partial charge < -0.3 is 15.7 Å². The van der Waals surface area contributed by atoms with Crippen LogP contribution in [0.1, 0.15) is 25.5 Å². The van der Waals surface area contributed by atoms with Crippen molar-refractivity contribution in [3.8, 4) is 0 Å². The number of pyridine rings is 1. The molecule has 16 heavy (non-hydrogen) atoms. The molecular formula is C12H19N3O. The Labute approximate surface area is 96.1 Å². The lowest BCUT2D eigenvalue weighted by atomic mass is 9.95. The van der Waals surface area contributed by atoms with Crippen molar-refractivity contribution in [3.63, 3.8) is 0 Å². The molecule has 1 aliphatic heterocycles. The molecule has 0 aromatic carbocycles. The van der Waals surface area contributed by atoms with Crippen molar-refractivity contribution in [2.75, 3.05) is 18.0 Å². The van der Waals surface area contributed by atoms with Crippen LogP contribution in [0.2, 0.25) is 0 Å². The van der Waals surface area contributed by atoms with Gasteiger partial charge in [-0.25, -0.2) is 0 Å². The molecule has 1 aromatic heterocycles. The molecule has 2 heterocycles. The van der Waals surface area contributed by atoms with Crippen LogP contribution in [-0.2, 0) is 6.54 Å². The third-order valence-electron chi connectivity index (χ3n) is 3.05. The first kappa shape index (κ1) is 11.4. The Morgan fingerprint density at radius 1 is 1.62 bits per heavy atom. The van der Waals surface area contributed by atoms with E-state index in [0.717, 1.165) is 30.8 Å². The second kappa shape index (κ2) is 4.39. The SMILES string of the molecule is CC1(O)CCCN(c2ccnc(CN)c2)C1. The molecule has 0 bridgehead atoms. The first-order chi connectivity index (χ1) is 7.61. The number of hydrogen-bond donors (Lipinski definition) is 2. The van der Waals surface area contributed by atoms with Gasteiger partial charge in [-0.05, 0) is 31.9 Å². The van der Waals surface area contributed by atoms with Crippen LogP contribution in [0.4, 0.5) is 5.69 Å². The summed E-state index contributed by atoms with van der Waals surface area (Å²) in [5, 5.41) is 10.1. The van der Waals surface area contributed by atoms with Crippen LogP contribution in [0.25, 0.3) is 0 Å². The van der Waals surface area contributed by atoms with Crippen LogP contribution < -0.4 is 10.6 Å². The van der Waals surface area contributed by atoms with Gasteiger partial charge in [-0.2, -0.15) is 0 Å². The van der Waals surface area contributed by atoms with Crippen molar-refractivity contribution < 1.29 is 5.11 Å². The highest BCUT2D eigenvalue weighted by molar-refractivity contribution is 5.47. The Hall–Kier alpha value is -1.13. The van der Waals surface area contributed by atoms with E-state index in [0.29, 0.717) is 13.1 Å². The van der Waals surface area contributed by atoms with Gasteiger partial charge in [-0.1, -0.05) is 0 Å². The molecule has 1 fully saturated rings. The van der Waals surface area contributed by atoms with Gasteiger partial charge in [-0.3, -0.25) is 4.98 Å². The maximum absolute atomic E-state index is 10.1. The largest absolute Gasteiger partial charge is 0.388 e. The summed E-state index contributed by atoms with van der Waals surface area (Å²) in [4.78, 5) is 6.37. The lowest BCUT2D eigenvalue weighted by molar-refractivity contribution is 0.0449. The standard InChI is InChI=1S/C12H19N3O/c1-12(16)4-2-6-15(9-12)11-3-5-14-10(7-11)8-13/h3,5,7,16H,2,4,6,8-9,13H2,1H3. The fourth-order valence-corrected chi connectivity index (χ4v) is 2.21. The van der Waals surface area contributed by atoms with Crippen LogP contribution in [-0.4, -0.2) is 28.8 Å². The normalized spacial score (nSPS) is 25.8. The van der Waals surface area contributed by atoms with Gasteiger partial charge in [0.15, 0.2) is 0 Å². The molecule has 3 N–H and O–H groups in total. The van der Waals surface area contributed by atoms with E-state index in [9.17, 15) is 5.11 Å². The minimum Gasteiger partial charge on any atom is -0.388 e. The van der Waals surface area contributed by atoms with E-state index >= 15 is 0 Å². The number of anilines is 1. The minimum atomic E-state index is -0.579. The van der Waals surface area contributed by atoms with Crippen molar-refractivity contribution in [3.05, 3.63) is 24.0 Å². The lowest BCUT2D eigenvalue weighted by Crippen LogP contribution is -2.46. The van der Waals surface area contributed by atoms with E-state index in [-0.39, 0.29) is 0 Å². The zero-order valence-electron chi connectivity index (χ0n) is 9.69. The van der Waals surface area contributed by atoms with Crippen molar-refractivity contribution in [2.45, 2.75) is 31.9 Å². The lowest BCUT2D eigenvalue weighted by Gasteiger charge is -2.38. The van der Waals surface area contributed by atoms with E-state index in [2.05, 4.69) is 9.88 Å². The molecule has 4 heteroatoms. The van der Waals surface area contributed by atoms with Gasteiger partial charge in [0.25, 0.3) is 0 Å². The smallest absolute Gasteiger partial charge is 0.0794 e. The highest BCUT2D eigenvalue weighted by Gasteiger charge is 2.28. The molecular weight excluding hydrogens is 202 g/mol. The number of aliphatic hydroxyl groups is 1. The molecule has 0 radical (unpaired) electrons. The fraction of sp³-hybridized carbons (Fsp3) is 0.583. The summed E-state index contributed by atoms with van der Waals surface area (Å²) >= 11 is 0. The van der Waals surface area contributed by atoms with Crippen molar-refractivity contribution in [1.82, 2.24) is 4.98 Å². The van der Waals surface area contributed by atoms with Crippen molar-refractivity contribution in [1.29, 1.82) is 0 Å². The highest BCUT2D eigenvalue weighted by atomic mass is 16.3. The molecule has 1 atom stereocenters. The van der Waals surface area contributed by atoms with Crippen LogP contribution in [0.3, 0.4) is 0 Å². The summed E-state index contributed by atoms with van der Waals surface area (Å²) in [5.74, 6) is 0. The first-order valence-electron chi connectivity index (χ1n) is 5.73. The maximum atomic E-state index is 10.1. The summed E-state index contributed by atoms with van der Waals surface area (Å²) in [6.07, 6.45) is 3.67. The molecule has 1 aromatic rings. The average molecular weight is 221 g/mol. The number of hydrogen-bond acceptors (Lipinski definition) is 4.